The van der Waals surface area contributed by atoms with Crippen LogP contribution in [0.3, 0.4) is 0 Å². The van der Waals surface area contributed by atoms with E-state index in [1.807, 2.05) is 19.1 Å². The first-order chi connectivity index (χ1) is 12.6. The van der Waals surface area contributed by atoms with Gasteiger partial charge in [0.1, 0.15) is 5.56 Å². The molecule has 1 fully saturated rings. The van der Waals surface area contributed by atoms with Crippen LogP contribution in [0.1, 0.15) is 29.4 Å². The van der Waals surface area contributed by atoms with Crippen LogP contribution in [0.5, 0.6) is 11.5 Å². The first-order valence-electron chi connectivity index (χ1n) is 8.88. The molecule has 2 aromatic rings. The van der Waals surface area contributed by atoms with Crippen LogP contribution >= 0.6 is 12.4 Å². The molecule has 0 unspecified atom stereocenters. The number of ether oxygens (including phenoxy) is 2. The number of hydrogen-bond donors (Lipinski definition) is 2. The zero-order chi connectivity index (χ0) is 18.7. The van der Waals surface area contributed by atoms with Gasteiger partial charge in [0.25, 0.3) is 0 Å². The molecule has 2 heterocycles. The van der Waals surface area contributed by atoms with Crippen LogP contribution in [-0.2, 0) is 6.42 Å². The fourth-order valence-electron chi connectivity index (χ4n) is 3.50. The molecule has 1 saturated heterocycles. The first-order valence-corrected chi connectivity index (χ1v) is 8.88. The number of hydrogen-bond acceptors (Lipinski definition) is 6. The highest BCUT2D eigenvalue weighted by Crippen LogP contribution is 2.39. The number of aromatic nitrogens is 1. The van der Waals surface area contributed by atoms with E-state index in [-0.39, 0.29) is 18.0 Å². The molecule has 1 aliphatic rings. The number of carboxylic acids is 1. The van der Waals surface area contributed by atoms with Crippen LogP contribution in [-0.4, -0.2) is 56.5 Å². The van der Waals surface area contributed by atoms with Crippen LogP contribution in [0.2, 0.25) is 0 Å². The number of nitrogens with zero attached hydrogens (tertiary/aromatic N) is 2. The standard InChI is InChI=1S/C19H25N3O4.ClH/c1-4-13-17(19(23)24)18(22-8-5-6-20-7-9-22)12-10-15(25-2)16(26-3)11-14(12)21-13;/h10-11,20H,4-9H2,1-3H3,(H,23,24);1H. The number of methoxy groups -OCH3 is 2. The van der Waals surface area contributed by atoms with Crippen molar-refractivity contribution in [1.29, 1.82) is 0 Å². The van der Waals surface area contributed by atoms with E-state index in [0.29, 0.717) is 23.6 Å². The molecular formula is C19H26ClN3O4. The number of aryl methyl sites for hydroxylation is 1. The minimum Gasteiger partial charge on any atom is -0.493 e. The number of carboxylic acid groups (broad SMARTS) is 1. The van der Waals surface area contributed by atoms with Crippen LogP contribution in [0.25, 0.3) is 10.9 Å². The summed E-state index contributed by atoms with van der Waals surface area (Å²) < 4.78 is 10.8. The number of carbonyl (C=O) groups is 1. The van der Waals surface area contributed by atoms with Gasteiger partial charge in [0.15, 0.2) is 11.5 Å². The van der Waals surface area contributed by atoms with Crippen molar-refractivity contribution < 1.29 is 19.4 Å². The summed E-state index contributed by atoms with van der Waals surface area (Å²) >= 11 is 0. The highest BCUT2D eigenvalue weighted by Gasteiger charge is 2.25. The van der Waals surface area contributed by atoms with Crippen LogP contribution in [0, 0.1) is 0 Å². The lowest BCUT2D eigenvalue weighted by molar-refractivity contribution is 0.0696. The summed E-state index contributed by atoms with van der Waals surface area (Å²) in [5, 5.41) is 14.1. The van der Waals surface area contributed by atoms with Gasteiger partial charge in [-0.15, -0.1) is 12.4 Å². The summed E-state index contributed by atoms with van der Waals surface area (Å²) in [6.45, 7) is 5.22. The molecule has 7 nitrogen and oxygen atoms in total. The van der Waals surface area contributed by atoms with Crippen LogP contribution < -0.4 is 19.7 Å². The van der Waals surface area contributed by atoms with Gasteiger partial charge in [0.05, 0.1) is 31.1 Å². The van der Waals surface area contributed by atoms with Gasteiger partial charge < -0.3 is 24.8 Å². The Bertz CT molecular complexity index is 820. The minimum absolute atomic E-state index is 0. The number of halogens is 1. The Kier molecular flexibility index (Phi) is 7.10. The molecule has 0 atom stereocenters. The number of aromatic carboxylic acids is 1. The highest BCUT2D eigenvalue weighted by molar-refractivity contribution is 6.06. The zero-order valence-corrected chi connectivity index (χ0v) is 16.7. The van der Waals surface area contributed by atoms with Crippen molar-refractivity contribution in [3.63, 3.8) is 0 Å². The largest absolute Gasteiger partial charge is 0.493 e. The lowest BCUT2D eigenvalue weighted by Crippen LogP contribution is -2.30. The van der Waals surface area contributed by atoms with Crippen molar-refractivity contribution in [3.05, 3.63) is 23.4 Å². The smallest absolute Gasteiger partial charge is 0.339 e. The van der Waals surface area contributed by atoms with E-state index in [1.165, 1.54) is 0 Å². The predicted molar refractivity (Wildman–Crippen MR) is 108 cm³/mol. The van der Waals surface area contributed by atoms with Crippen molar-refractivity contribution in [3.8, 4) is 11.5 Å². The SMILES string of the molecule is CCc1nc2cc(OC)c(OC)cc2c(N2CCCNCC2)c1C(=O)O.Cl. The maximum absolute atomic E-state index is 12.1. The van der Waals surface area contributed by atoms with E-state index in [9.17, 15) is 9.90 Å². The molecule has 1 aromatic carbocycles. The van der Waals surface area contributed by atoms with Gasteiger partial charge in [-0.1, -0.05) is 6.92 Å². The number of fused-ring (bicyclic) bond motifs is 1. The summed E-state index contributed by atoms with van der Waals surface area (Å²) in [6.07, 6.45) is 1.50. The average molecular weight is 396 g/mol. The van der Waals surface area contributed by atoms with E-state index in [1.54, 1.807) is 14.2 Å². The Balaban J connectivity index is 0.00000261. The molecule has 8 heteroatoms. The van der Waals surface area contributed by atoms with E-state index in [4.69, 9.17) is 9.47 Å². The van der Waals surface area contributed by atoms with Gasteiger partial charge in [-0.25, -0.2) is 4.79 Å². The molecule has 2 N–H and O–H groups in total. The summed E-state index contributed by atoms with van der Waals surface area (Å²) in [6, 6.07) is 3.65. The minimum atomic E-state index is -0.946. The van der Waals surface area contributed by atoms with Gasteiger partial charge in [0, 0.05) is 31.1 Å². The second-order valence-electron chi connectivity index (χ2n) is 6.26. The topological polar surface area (TPSA) is 83.9 Å². The second-order valence-corrected chi connectivity index (χ2v) is 6.26. The molecule has 0 aliphatic carbocycles. The quantitative estimate of drug-likeness (QED) is 0.805. The van der Waals surface area contributed by atoms with Crippen molar-refractivity contribution >= 4 is 35.0 Å². The Morgan fingerprint density at radius 1 is 1.22 bits per heavy atom. The molecular weight excluding hydrogens is 370 g/mol. The molecule has 0 amide bonds. The predicted octanol–water partition coefficient (Wildman–Crippen LogP) is 2.73. The summed E-state index contributed by atoms with van der Waals surface area (Å²) in [5.74, 6) is 0.205. The fourth-order valence-corrected chi connectivity index (χ4v) is 3.50. The van der Waals surface area contributed by atoms with Crippen molar-refractivity contribution in [2.45, 2.75) is 19.8 Å². The maximum atomic E-state index is 12.1. The molecule has 1 aliphatic heterocycles. The van der Waals surface area contributed by atoms with Gasteiger partial charge in [-0.3, -0.25) is 4.98 Å². The van der Waals surface area contributed by atoms with Gasteiger partial charge in [-0.05, 0) is 25.5 Å². The van der Waals surface area contributed by atoms with Gasteiger partial charge >= 0.3 is 5.97 Å². The third-order valence-electron chi connectivity index (χ3n) is 4.74. The number of anilines is 1. The van der Waals surface area contributed by atoms with Gasteiger partial charge in [-0.2, -0.15) is 0 Å². The second kappa shape index (κ2) is 9.10. The number of pyridine rings is 1. The Labute approximate surface area is 165 Å². The van der Waals surface area contributed by atoms with Crippen molar-refractivity contribution in [2.24, 2.45) is 0 Å². The molecule has 0 spiro atoms. The number of benzene rings is 1. The van der Waals surface area contributed by atoms with Gasteiger partial charge in [0.2, 0.25) is 0 Å². The fraction of sp³-hybridized carbons (Fsp3) is 0.474. The van der Waals surface area contributed by atoms with Crippen molar-refractivity contribution in [1.82, 2.24) is 10.3 Å². The Hall–Kier alpha value is -2.25. The first kappa shape index (κ1) is 21.1. The number of nitrogens with one attached hydrogen (secondary N) is 1. The normalized spacial score (nSPS) is 14.4. The summed E-state index contributed by atoms with van der Waals surface area (Å²) in [5.41, 5.74) is 2.32. The Morgan fingerprint density at radius 3 is 2.56 bits per heavy atom. The van der Waals surface area contributed by atoms with Crippen LogP contribution in [0.4, 0.5) is 5.69 Å². The third kappa shape index (κ3) is 4.04. The molecule has 1 aromatic heterocycles. The maximum Gasteiger partial charge on any atom is 0.339 e. The monoisotopic (exact) mass is 395 g/mol. The van der Waals surface area contributed by atoms with E-state index in [2.05, 4.69) is 15.2 Å². The summed E-state index contributed by atoms with van der Waals surface area (Å²) in [7, 11) is 3.16. The number of rotatable bonds is 5. The molecule has 27 heavy (non-hydrogen) atoms. The molecule has 148 valence electrons. The third-order valence-corrected chi connectivity index (χ3v) is 4.74. The lowest BCUT2D eigenvalue weighted by atomic mass is 10.0. The average Bonchev–Trinajstić information content (AvgIpc) is 2.94. The summed E-state index contributed by atoms with van der Waals surface area (Å²) in [4.78, 5) is 18.9. The molecule has 0 radical (unpaired) electrons. The zero-order valence-electron chi connectivity index (χ0n) is 15.9. The van der Waals surface area contributed by atoms with Crippen molar-refractivity contribution in [2.75, 3.05) is 45.3 Å². The Morgan fingerprint density at radius 2 is 1.93 bits per heavy atom. The lowest BCUT2D eigenvalue weighted by Gasteiger charge is -2.27. The van der Waals surface area contributed by atoms with E-state index >= 15 is 0 Å². The highest BCUT2D eigenvalue weighted by atomic mass is 35.5. The molecule has 3 rings (SSSR count). The van der Waals surface area contributed by atoms with E-state index in [0.717, 1.165) is 49.2 Å². The van der Waals surface area contributed by atoms with Crippen LogP contribution in [0.15, 0.2) is 12.1 Å². The molecule has 0 saturated carbocycles. The molecule has 0 bridgehead atoms. The van der Waals surface area contributed by atoms with E-state index < -0.39 is 5.97 Å².